The lowest BCUT2D eigenvalue weighted by molar-refractivity contribution is 1.11. The molecule has 0 aromatic heterocycles. The topological polar surface area (TPSA) is 37.1 Å². The average Bonchev–Trinajstić information content (AvgIpc) is 2.19. The van der Waals surface area contributed by atoms with Crippen molar-refractivity contribution in [2.24, 2.45) is 13.5 Å². The van der Waals surface area contributed by atoms with Gasteiger partial charge in [-0.3, -0.25) is 0 Å². The Hall–Kier alpha value is 2.55. The van der Waals surface area contributed by atoms with Crippen LogP contribution in [-0.2, 0) is 0 Å². The Balaban J connectivity index is 3.21. The summed E-state index contributed by atoms with van der Waals surface area (Å²) in [5, 5.41) is 0. The standard InChI is InChI=1S/C6H14Cl4N3P3S2/c1-3-5-17-16(18-6-4-2)12-14(7,8)11-15(9,10)13-16/h3-6H2,1-2H3. The predicted molar refractivity (Wildman–Crippen MR) is 97.0 cm³/mol. The van der Waals surface area contributed by atoms with Crippen LogP contribution in [0, 0.1) is 0 Å². The summed E-state index contributed by atoms with van der Waals surface area (Å²) in [5.74, 6) is -3.65. The summed E-state index contributed by atoms with van der Waals surface area (Å²) in [7, 11) is 0. The number of nitrogens with zero attached hydrogens (tertiary/aromatic N) is 3. The maximum Gasteiger partial charge on any atom is 0.257 e. The minimum absolute atomic E-state index is 0.943. The largest absolute Gasteiger partial charge is 0.257 e. The van der Waals surface area contributed by atoms with E-state index in [0.29, 0.717) is 0 Å². The van der Waals surface area contributed by atoms with E-state index in [4.69, 9.17) is 45.0 Å². The van der Waals surface area contributed by atoms with Crippen LogP contribution in [-0.4, -0.2) is 11.5 Å². The van der Waals surface area contributed by atoms with Gasteiger partial charge in [-0.1, -0.05) is 36.6 Å². The van der Waals surface area contributed by atoms with Crippen molar-refractivity contribution in [1.29, 1.82) is 0 Å². The molecule has 0 aromatic carbocycles. The van der Waals surface area contributed by atoms with Gasteiger partial charge in [0.05, 0.1) is 0 Å². The van der Waals surface area contributed by atoms with Gasteiger partial charge >= 0.3 is 0 Å². The zero-order valence-electron chi connectivity index (χ0n) is 9.84. The second kappa shape index (κ2) is 7.70. The Bertz CT molecular complexity index is 437. The molecule has 0 atom stereocenters. The molecule has 0 N–H and O–H groups in total. The Morgan fingerprint density at radius 1 is 0.778 bits per heavy atom. The maximum absolute atomic E-state index is 6.14. The summed E-state index contributed by atoms with van der Waals surface area (Å²) in [4.78, 5) is 0. The van der Waals surface area contributed by atoms with Crippen LogP contribution >= 0.6 is 85.2 Å². The molecule has 18 heavy (non-hydrogen) atoms. The molecule has 0 saturated carbocycles. The molecule has 1 rings (SSSR count). The van der Waals surface area contributed by atoms with Crippen molar-refractivity contribution >= 4 is 85.2 Å². The second-order valence-corrected chi connectivity index (χ2v) is 21.6. The molecular weight excluding hydrogens is 413 g/mol. The molecule has 12 heteroatoms. The summed E-state index contributed by atoms with van der Waals surface area (Å²) in [5.41, 5.74) is -2.11. The van der Waals surface area contributed by atoms with Gasteiger partial charge in [-0.15, -0.1) is 0 Å². The molecule has 1 aliphatic heterocycles. The van der Waals surface area contributed by atoms with E-state index < -0.39 is 17.4 Å². The normalized spacial score (nSPS) is 23.7. The monoisotopic (exact) mass is 425 g/mol. The van der Waals surface area contributed by atoms with Crippen LogP contribution in [0.5, 0.6) is 0 Å². The Morgan fingerprint density at radius 2 is 1.22 bits per heavy atom. The number of hydrogen-bond donors (Lipinski definition) is 0. The summed E-state index contributed by atoms with van der Waals surface area (Å²) in [6.45, 7) is 4.21. The van der Waals surface area contributed by atoms with E-state index in [1.54, 1.807) is 22.8 Å². The maximum atomic E-state index is 6.14. The van der Waals surface area contributed by atoms with Gasteiger partial charge in [0.2, 0.25) is 0 Å². The smallest absolute Gasteiger partial charge is 0.193 e. The lowest BCUT2D eigenvalue weighted by atomic mass is 10.6. The molecule has 108 valence electrons. The molecule has 0 radical (unpaired) electrons. The third-order valence-corrected chi connectivity index (χ3v) is 21.2. The van der Waals surface area contributed by atoms with Gasteiger partial charge in [0.1, 0.15) is 0 Å². The van der Waals surface area contributed by atoms with Gasteiger partial charge in [-0.25, -0.2) is 0 Å². The van der Waals surface area contributed by atoms with E-state index >= 15 is 0 Å². The predicted octanol–water partition coefficient (Wildman–Crippen LogP) is 9.08. The van der Waals surface area contributed by atoms with Gasteiger partial charge in [0.25, 0.3) is 11.8 Å². The van der Waals surface area contributed by atoms with E-state index in [2.05, 4.69) is 27.4 Å². The van der Waals surface area contributed by atoms with E-state index in [0.717, 1.165) is 24.3 Å². The third kappa shape index (κ3) is 6.12. The summed E-state index contributed by atoms with van der Waals surface area (Å²) < 4.78 is 13.1. The summed E-state index contributed by atoms with van der Waals surface area (Å²) in [6.07, 6.45) is 2.07. The highest BCUT2D eigenvalue weighted by Gasteiger charge is 2.33. The van der Waals surface area contributed by atoms with Crippen molar-refractivity contribution in [3.05, 3.63) is 0 Å². The number of rotatable bonds is 6. The van der Waals surface area contributed by atoms with Crippen molar-refractivity contribution < 1.29 is 0 Å². The molecule has 0 bridgehead atoms. The first-order chi connectivity index (χ1) is 8.24. The van der Waals surface area contributed by atoms with Gasteiger partial charge in [0.15, 0.2) is 5.61 Å². The lowest BCUT2D eigenvalue weighted by Gasteiger charge is -2.25. The lowest BCUT2D eigenvalue weighted by Crippen LogP contribution is -1.79. The van der Waals surface area contributed by atoms with Gasteiger partial charge in [-0.2, -0.15) is 13.5 Å². The van der Waals surface area contributed by atoms with Crippen LogP contribution in [0.2, 0.25) is 0 Å². The molecule has 1 heterocycles. The number of halogens is 4. The molecule has 1 aliphatic rings. The summed E-state index contributed by atoms with van der Waals surface area (Å²) in [6, 6.07) is 0. The van der Waals surface area contributed by atoms with E-state index in [-0.39, 0.29) is 0 Å². The van der Waals surface area contributed by atoms with E-state index in [1.807, 2.05) is 0 Å². The van der Waals surface area contributed by atoms with Crippen molar-refractivity contribution in [2.45, 2.75) is 26.7 Å². The zero-order chi connectivity index (χ0) is 13.9. The van der Waals surface area contributed by atoms with Gasteiger partial charge in [0, 0.05) is 11.5 Å². The van der Waals surface area contributed by atoms with E-state index in [9.17, 15) is 0 Å². The first kappa shape index (κ1) is 18.6. The fourth-order valence-electron chi connectivity index (χ4n) is 1.02. The summed E-state index contributed by atoms with van der Waals surface area (Å²) >= 11 is 27.9. The molecule has 0 fully saturated rings. The molecule has 0 aliphatic carbocycles. The molecule has 0 saturated heterocycles. The highest BCUT2D eigenvalue weighted by atomic mass is 35.9. The molecule has 0 aromatic rings. The minimum atomic E-state index is -2.77. The van der Waals surface area contributed by atoms with Crippen LogP contribution < -0.4 is 0 Å². The minimum Gasteiger partial charge on any atom is -0.193 e. The van der Waals surface area contributed by atoms with Crippen LogP contribution in [0.4, 0.5) is 0 Å². The zero-order valence-corrected chi connectivity index (χ0v) is 17.2. The second-order valence-electron chi connectivity index (χ2n) is 3.34. The SMILES string of the molecule is CCCSP1(SCCC)=NP(Cl)(Cl)=NP(Cl)(Cl)=N1. The Labute approximate surface area is 136 Å². The molecule has 0 amide bonds. The molecule has 0 unspecified atom stereocenters. The third-order valence-electron chi connectivity index (χ3n) is 1.58. The highest BCUT2D eigenvalue weighted by molar-refractivity contribution is 8.91. The highest BCUT2D eigenvalue weighted by Crippen LogP contribution is 2.91. The van der Waals surface area contributed by atoms with E-state index in [1.165, 1.54) is 0 Å². The Kier molecular flexibility index (Phi) is 7.96. The van der Waals surface area contributed by atoms with Crippen LogP contribution in [0.25, 0.3) is 0 Å². The quantitative estimate of drug-likeness (QED) is 0.397. The fraction of sp³-hybridized carbons (Fsp3) is 1.00. The van der Waals surface area contributed by atoms with Crippen molar-refractivity contribution in [3.8, 4) is 0 Å². The first-order valence-electron chi connectivity index (χ1n) is 5.23. The van der Waals surface area contributed by atoms with Crippen LogP contribution in [0.15, 0.2) is 13.5 Å². The van der Waals surface area contributed by atoms with Crippen molar-refractivity contribution in [2.75, 3.05) is 11.5 Å². The van der Waals surface area contributed by atoms with Crippen molar-refractivity contribution in [1.82, 2.24) is 0 Å². The van der Waals surface area contributed by atoms with Crippen LogP contribution in [0.1, 0.15) is 26.7 Å². The fourth-order valence-corrected chi connectivity index (χ4v) is 29.0. The molecule has 0 spiro atoms. The molecule has 3 nitrogen and oxygen atoms in total. The van der Waals surface area contributed by atoms with Crippen molar-refractivity contribution in [3.63, 3.8) is 0 Å². The molecular formula is C6H14Cl4N3P3S2. The van der Waals surface area contributed by atoms with Crippen LogP contribution in [0.3, 0.4) is 0 Å². The first-order valence-corrected chi connectivity index (χ1v) is 17.1. The van der Waals surface area contributed by atoms with Gasteiger partial charge < -0.3 is 0 Å². The average molecular weight is 427 g/mol. The number of hydrogen-bond acceptors (Lipinski definition) is 5. The Morgan fingerprint density at radius 3 is 1.61 bits per heavy atom. The van der Waals surface area contributed by atoms with Gasteiger partial charge in [-0.05, 0) is 57.8 Å².